The first-order chi connectivity index (χ1) is 9.09. The Bertz CT molecular complexity index is 407. The van der Waals surface area contributed by atoms with Gasteiger partial charge in [-0.05, 0) is 18.6 Å². The van der Waals surface area contributed by atoms with Crippen LogP contribution in [-0.2, 0) is 14.3 Å². The van der Waals surface area contributed by atoms with Crippen LogP contribution >= 0.6 is 0 Å². The Morgan fingerprint density at radius 2 is 1.89 bits per heavy atom. The average Bonchev–Trinajstić information content (AvgIpc) is 2.42. The molecular weight excluding hydrogens is 250 g/mol. The number of hydrogen-bond acceptors (Lipinski definition) is 5. The van der Waals surface area contributed by atoms with Crippen LogP contribution in [0.5, 0.6) is 5.75 Å². The quantitative estimate of drug-likeness (QED) is 0.534. The SMILES string of the molecule is N[C@@H](CCC(=O)OCCOc1ccccc1)C(=O)O. The summed E-state index contributed by atoms with van der Waals surface area (Å²) >= 11 is 0. The summed E-state index contributed by atoms with van der Waals surface area (Å²) in [5, 5.41) is 8.54. The Labute approximate surface area is 111 Å². The number of nitrogens with two attached hydrogens (primary N) is 1. The van der Waals surface area contributed by atoms with Gasteiger partial charge in [-0.15, -0.1) is 0 Å². The third-order valence-corrected chi connectivity index (χ3v) is 2.33. The fraction of sp³-hybridized carbons (Fsp3) is 0.385. The number of carbonyl (C=O) groups excluding carboxylic acids is 1. The van der Waals surface area contributed by atoms with E-state index in [1.807, 2.05) is 18.2 Å². The molecule has 19 heavy (non-hydrogen) atoms. The van der Waals surface area contributed by atoms with Gasteiger partial charge in [0.25, 0.3) is 0 Å². The van der Waals surface area contributed by atoms with Crippen LogP contribution in [0, 0.1) is 0 Å². The van der Waals surface area contributed by atoms with E-state index in [1.54, 1.807) is 12.1 Å². The molecule has 1 aromatic carbocycles. The highest BCUT2D eigenvalue weighted by molar-refractivity contribution is 5.75. The molecular formula is C13H17NO5. The first kappa shape index (κ1) is 15.0. The number of benzene rings is 1. The second-order valence-electron chi connectivity index (χ2n) is 3.87. The number of rotatable bonds is 8. The maximum atomic E-state index is 11.3. The van der Waals surface area contributed by atoms with Crippen molar-refractivity contribution in [3.05, 3.63) is 30.3 Å². The van der Waals surface area contributed by atoms with E-state index in [4.69, 9.17) is 20.3 Å². The summed E-state index contributed by atoms with van der Waals surface area (Å²) < 4.78 is 10.2. The number of para-hydroxylation sites is 1. The minimum atomic E-state index is -1.12. The van der Waals surface area contributed by atoms with Crippen LogP contribution in [0.15, 0.2) is 30.3 Å². The van der Waals surface area contributed by atoms with E-state index in [0.29, 0.717) is 5.75 Å². The van der Waals surface area contributed by atoms with E-state index in [2.05, 4.69) is 0 Å². The molecule has 0 heterocycles. The van der Waals surface area contributed by atoms with E-state index in [9.17, 15) is 9.59 Å². The van der Waals surface area contributed by atoms with Crippen LogP contribution < -0.4 is 10.5 Å². The largest absolute Gasteiger partial charge is 0.490 e. The van der Waals surface area contributed by atoms with E-state index in [-0.39, 0.29) is 26.1 Å². The topological polar surface area (TPSA) is 98.9 Å². The predicted octanol–water partition coefficient (Wildman–Crippen LogP) is 0.801. The Kier molecular flexibility index (Phi) is 6.38. The summed E-state index contributed by atoms with van der Waals surface area (Å²) in [6.07, 6.45) is 0.0481. The second-order valence-corrected chi connectivity index (χ2v) is 3.87. The number of carboxylic acid groups (broad SMARTS) is 1. The van der Waals surface area contributed by atoms with Gasteiger partial charge in [-0.3, -0.25) is 9.59 Å². The van der Waals surface area contributed by atoms with Gasteiger partial charge in [-0.1, -0.05) is 18.2 Å². The Morgan fingerprint density at radius 3 is 2.53 bits per heavy atom. The highest BCUT2D eigenvalue weighted by Crippen LogP contribution is 2.07. The fourth-order valence-corrected chi connectivity index (χ4v) is 1.30. The lowest BCUT2D eigenvalue weighted by molar-refractivity contribution is -0.145. The van der Waals surface area contributed by atoms with Gasteiger partial charge in [0.15, 0.2) is 0 Å². The first-order valence-corrected chi connectivity index (χ1v) is 5.91. The lowest BCUT2D eigenvalue weighted by atomic mass is 10.2. The molecule has 0 saturated carbocycles. The zero-order chi connectivity index (χ0) is 14.1. The number of hydrogen-bond donors (Lipinski definition) is 2. The Morgan fingerprint density at radius 1 is 1.21 bits per heavy atom. The number of carboxylic acids is 1. The first-order valence-electron chi connectivity index (χ1n) is 5.91. The third-order valence-electron chi connectivity index (χ3n) is 2.33. The minimum absolute atomic E-state index is 0.0151. The summed E-state index contributed by atoms with van der Waals surface area (Å²) in [5.41, 5.74) is 5.26. The molecule has 1 aromatic rings. The van der Waals surface area contributed by atoms with Gasteiger partial charge in [-0.25, -0.2) is 0 Å². The number of ether oxygens (including phenoxy) is 2. The normalized spacial score (nSPS) is 11.6. The van der Waals surface area contributed by atoms with Crippen molar-refractivity contribution < 1.29 is 24.2 Å². The molecule has 0 saturated heterocycles. The summed E-state index contributed by atoms with van der Waals surface area (Å²) in [7, 11) is 0. The maximum Gasteiger partial charge on any atom is 0.320 e. The lowest BCUT2D eigenvalue weighted by Crippen LogP contribution is -2.30. The van der Waals surface area contributed by atoms with Gasteiger partial charge in [0.1, 0.15) is 25.0 Å². The molecule has 104 valence electrons. The molecule has 0 aliphatic heterocycles. The van der Waals surface area contributed by atoms with Gasteiger partial charge < -0.3 is 20.3 Å². The zero-order valence-electron chi connectivity index (χ0n) is 10.5. The van der Waals surface area contributed by atoms with Crippen molar-refractivity contribution in [3.8, 4) is 5.75 Å². The van der Waals surface area contributed by atoms with Crippen LogP contribution in [0.4, 0.5) is 0 Å². The van der Waals surface area contributed by atoms with Gasteiger partial charge in [-0.2, -0.15) is 0 Å². The molecule has 6 heteroatoms. The monoisotopic (exact) mass is 267 g/mol. The fourth-order valence-electron chi connectivity index (χ4n) is 1.30. The van der Waals surface area contributed by atoms with E-state index in [1.165, 1.54) is 0 Å². The number of esters is 1. The molecule has 6 nitrogen and oxygen atoms in total. The molecule has 0 unspecified atom stereocenters. The van der Waals surface area contributed by atoms with Crippen molar-refractivity contribution in [3.63, 3.8) is 0 Å². The van der Waals surface area contributed by atoms with Crippen LogP contribution in [0.25, 0.3) is 0 Å². The summed E-state index contributed by atoms with van der Waals surface area (Å²) in [4.78, 5) is 21.7. The van der Waals surface area contributed by atoms with Crippen molar-refractivity contribution in [2.45, 2.75) is 18.9 Å². The number of carbonyl (C=O) groups is 2. The molecule has 0 fully saturated rings. The standard InChI is InChI=1S/C13H17NO5/c14-11(13(16)17)6-7-12(15)19-9-8-18-10-4-2-1-3-5-10/h1-5,11H,6-9,14H2,(H,16,17)/t11-/m0/s1. The van der Waals surface area contributed by atoms with Crippen molar-refractivity contribution in [2.75, 3.05) is 13.2 Å². The summed E-state index contributed by atoms with van der Waals surface area (Å²) in [6.45, 7) is 0.372. The second kappa shape index (κ2) is 8.10. The van der Waals surface area contributed by atoms with E-state index >= 15 is 0 Å². The zero-order valence-corrected chi connectivity index (χ0v) is 10.5. The summed E-state index contributed by atoms with van der Waals surface area (Å²) in [5.74, 6) is -0.903. The van der Waals surface area contributed by atoms with E-state index in [0.717, 1.165) is 0 Å². The van der Waals surface area contributed by atoms with Crippen molar-refractivity contribution in [1.29, 1.82) is 0 Å². The molecule has 0 aromatic heterocycles. The average molecular weight is 267 g/mol. The van der Waals surface area contributed by atoms with Gasteiger partial charge in [0.2, 0.25) is 0 Å². The van der Waals surface area contributed by atoms with Crippen LogP contribution in [-0.4, -0.2) is 36.3 Å². The van der Waals surface area contributed by atoms with Gasteiger partial charge in [0, 0.05) is 6.42 Å². The number of aliphatic carboxylic acids is 1. The Balaban J connectivity index is 2.09. The van der Waals surface area contributed by atoms with Crippen molar-refractivity contribution in [2.24, 2.45) is 5.73 Å². The molecule has 0 aliphatic rings. The third kappa shape index (κ3) is 6.42. The minimum Gasteiger partial charge on any atom is -0.490 e. The molecule has 1 atom stereocenters. The smallest absolute Gasteiger partial charge is 0.320 e. The summed E-state index contributed by atoms with van der Waals surface area (Å²) in [6, 6.07) is 8.12. The van der Waals surface area contributed by atoms with Crippen LogP contribution in [0.2, 0.25) is 0 Å². The Hall–Kier alpha value is -2.08. The molecule has 1 rings (SSSR count). The molecule has 3 N–H and O–H groups in total. The molecule has 0 radical (unpaired) electrons. The molecule has 0 spiro atoms. The lowest BCUT2D eigenvalue weighted by Gasteiger charge is -2.08. The van der Waals surface area contributed by atoms with Crippen LogP contribution in [0.3, 0.4) is 0 Å². The van der Waals surface area contributed by atoms with Crippen LogP contribution in [0.1, 0.15) is 12.8 Å². The van der Waals surface area contributed by atoms with Crippen molar-refractivity contribution in [1.82, 2.24) is 0 Å². The predicted molar refractivity (Wildman–Crippen MR) is 67.7 cm³/mol. The molecule has 0 bridgehead atoms. The molecule has 0 amide bonds. The molecule has 0 aliphatic carbocycles. The van der Waals surface area contributed by atoms with Gasteiger partial charge in [0.05, 0.1) is 0 Å². The van der Waals surface area contributed by atoms with E-state index < -0.39 is 18.0 Å². The highest BCUT2D eigenvalue weighted by atomic mass is 16.6. The van der Waals surface area contributed by atoms with Gasteiger partial charge >= 0.3 is 11.9 Å². The highest BCUT2D eigenvalue weighted by Gasteiger charge is 2.13. The van der Waals surface area contributed by atoms with Crippen molar-refractivity contribution >= 4 is 11.9 Å². The maximum absolute atomic E-state index is 11.3.